The largest absolute Gasteiger partial charge is 0.345 e. The van der Waals surface area contributed by atoms with E-state index in [1.54, 1.807) is 16.0 Å². The van der Waals surface area contributed by atoms with Crippen LogP contribution in [0, 0.1) is 25.5 Å². The quantitative estimate of drug-likeness (QED) is 0.330. The molecule has 0 fully saturated rings. The molecule has 14 heteroatoms. The second-order valence-corrected chi connectivity index (χ2v) is 8.66. The highest BCUT2D eigenvalue weighted by atomic mass is 35.5. The van der Waals surface area contributed by atoms with Crippen LogP contribution in [0.4, 0.5) is 14.6 Å². The normalized spacial score (nSPS) is 11.0. The molecule has 4 rings (SSSR count). The minimum atomic E-state index is -1.22. The van der Waals surface area contributed by atoms with Crippen LogP contribution in [0.15, 0.2) is 23.6 Å². The maximum atomic E-state index is 13.4. The van der Waals surface area contributed by atoms with Crippen molar-refractivity contribution in [1.29, 1.82) is 0 Å². The van der Waals surface area contributed by atoms with Gasteiger partial charge in [0.1, 0.15) is 11.4 Å². The number of rotatable bonds is 7. The first kappa shape index (κ1) is 23.4. The third-order valence-corrected chi connectivity index (χ3v) is 5.93. The number of aryl methyl sites for hydroxylation is 1. The molecule has 10 nitrogen and oxygen atoms in total. The Balaban J connectivity index is 1.36. The Bertz CT molecular complexity index is 1380. The molecule has 0 spiro atoms. The van der Waals surface area contributed by atoms with E-state index in [1.807, 2.05) is 19.2 Å². The summed E-state index contributed by atoms with van der Waals surface area (Å²) in [6.45, 7) is 4.36. The molecule has 3 N–H and O–H groups in total. The molecule has 176 valence electrons. The summed E-state index contributed by atoms with van der Waals surface area (Å²) in [5.74, 6) is -3.70. The van der Waals surface area contributed by atoms with Crippen LogP contribution in [-0.2, 0) is 13.1 Å². The molecule has 3 heterocycles. The van der Waals surface area contributed by atoms with Crippen LogP contribution in [0.3, 0.4) is 0 Å². The molecule has 0 aliphatic carbocycles. The number of aromatic amines is 1. The molecule has 34 heavy (non-hydrogen) atoms. The van der Waals surface area contributed by atoms with Gasteiger partial charge in [0.15, 0.2) is 17.5 Å². The molecular formula is C20H17ClF2N8O2S. The van der Waals surface area contributed by atoms with E-state index >= 15 is 0 Å². The number of hydrogen-bond donors (Lipinski definition) is 3. The minimum absolute atomic E-state index is 0.00312. The Labute approximate surface area is 200 Å². The minimum Gasteiger partial charge on any atom is -0.345 e. The van der Waals surface area contributed by atoms with Crippen molar-refractivity contribution in [3.05, 3.63) is 73.6 Å². The van der Waals surface area contributed by atoms with E-state index in [0.717, 1.165) is 16.4 Å². The average molecular weight is 507 g/mol. The SMILES string of the molecule is Cc1nc(Cn2nnc(CNC(=O)c3cc(NC(=O)c4cc(F)c(F)cc4Cl)n[nH]3)c2C)cs1. The van der Waals surface area contributed by atoms with Gasteiger partial charge in [-0.05, 0) is 26.0 Å². The summed E-state index contributed by atoms with van der Waals surface area (Å²) in [6.07, 6.45) is 0. The number of H-pyrrole nitrogens is 1. The van der Waals surface area contributed by atoms with Gasteiger partial charge in [-0.3, -0.25) is 14.7 Å². The molecule has 0 radical (unpaired) electrons. The highest BCUT2D eigenvalue weighted by Gasteiger charge is 2.18. The fraction of sp³-hybridized carbons (Fsp3) is 0.200. The Morgan fingerprint density at radius 1 is 1.18 bits per heavy atom. The van der Waals surface area contributed by atoms with E-state index in [0.29, 0.717) is 24.4 Å². The molecule has 0 atom stereocenters. The lowest BCUT2D eigenvalue weighted by atomic mass is 10.2. The van der Waals surface area contributed by atoms with Gasteiger partial charge in [-0.2, -0.15) is 5.10 Å². The second-order valence-electron chi connectivity index (χ2n) is 7.19. The predicted octanol–water partition coefficient (Wildman–Crippen LogP) is 3.24. The van der Waals surface area contributed by atoms with E-state index < -0.39 is 23.4 Å². The zero-order chi connectivity index (χ0) is 24.4. The number of nitrogens with zero attached hydrogens (tertiary/aromatic N) is 5. The second kappa shape index (κ2) is 9.65. The van der Waals surface area contributed by atoms with Gasteiger partial charge in [0, 0.05) is 11.4 Å². The van der Waals surface area contributed by atoms with Gasteiger partial charge >= 0.3 is 0 Å². The van der Waals surface area contributed by atoms with Crippen LogP contribution >= 0.6 is 22.9 Å². The maximum Gasteiger partial charge on any atom is 0.269 e. The maximum absolute atomic E-state index is 13.4. The zero-order valence-corrected chi connectivity index (χ0v) is 19.4. The number of aromatic nitrogens is 6. The fourth-order valence-corrected chi connectivity index (χ4v) is 3.83. The average Bonchev–Trinajstić information content (AvgIpc) is 3.51. The van der Waals surface area contributed by atoms with Gasteiger partial charge in [-0.1, -0.05) is 16.8 Å². The summed E-state index contributed by atoms with van der Waals surface area (Å²) in [7, 11) is 0. The molecule has 0 saturated carbocycles. The van der Waals surface area contributed by atoms with E-state index in [2.05, 4.69) is 36.1 Å². The van der Waals surface area contributed by atoms with Crippen molar-refractivity contribution in [2.24, 2.45) is 0 Å². The van der Waals surface area contributed by atoms with Gasteiger partial charge in [-0.15, -0.1) is 16.4 Å². The summed E-state index contributed by atoms with van der Waals surface area (Å²) in [5.41, 5.74) is 2.03. The molecule has 1 aromatic carbocycles. The van der Waals surface area contributed by atoms with Crippen LogP contribution in [0.1, 0.15) is 42.9 Å². The van der Waals surface area contributed by atoms with Crippen molar-refractivity contribution in [1.82, 2.24) is 35.5 Å². The molecular weight excluding hydrogens is 490 g/mol. The topological polar surface area (TPSA) is 130 Å². The fourth-order valence-electron chi connectivity index (χ4n) is 2.99. The third kappa shape index (κ3) is 5.10. The first-order valence-corrected chi connectivity index (χ1v) is 11.1. The number of hydrogen-bond acceptors (Lipinski definition) is 7. The molecule has 0 aliphatic rings. The molecule has 0 aliphatic heterocycles. The summed E-state index contributed by atoms with van der Waals surface area (Å²) >= 11 is 7.35. The number of carbonyl (C=O) groups is 2. The van der Waals surface area contributed by atoms with Crippen molar-refractivity contribution < 1.29 is 18.4 Å². The molecule has 2 amide bonds. The van der Waals surface area contributed by atoms with Crippen molar-refractivity contribution in [2.75, 3.05) is 5.32 Å². The lowest BCUT2D eigenvalue weighted by Gasteiger charge is -2.05. The van der Waals surface area contributed by atoms with Crippen LogP contribution in [0.2, 0.25) is 5.02 Å². The van der Waals surface area contributed by atoms with E-state index in [4.69, 9.17) is 11.6 Å². The van der Waals surface area contributed by atoms with Crippen molar-refractivity contribution in [3.8, 4) is 0 Å². The monoisotopic (exact) mass is 506 g/mol. The van der Waals surface area contributed by atoms with E-state index in [1.165, 1.54) is 6.07 Å². The standard InChI is InChI=1S/C20H17ClF2N8O2S/c1-9-17(28-30-31(9)7-11-8-34-10(2)25-11)6-24-20(33)16-5-18(29-27-16)26-19(32)12-3-14(22)15(23)4-13(12)21/h3-5,8H,6-7H2,1-2H3,(H,24,33)(H2,26,27,29,32). The first-order valence-electron chi connectivity index (χ1n) is 9.80. The molecule has 0 unspecified atom stereocenters. The van der Waals surface area contributed by atoms with Gasteiger partial charge < -0.3 is 10.6 Å². The van der Waals surface area contributed by atoms with Crippen LogP contribution < -0.4 is 10.6 Å². The smallest absolute Gasteiger partial charge is 0.269 e. The van der Waals surface area contributed by atoms with Crippen LogP contribution in [0.25, 0.3) is 0 Å². The number of halogens is 3. The molecule has 3 aromatic heterocycles. The number of carbonyl (C=O) groups excluding carboxylic acids is 2. The number of thiazole rings is 1. The number of benzene rings is 1. The zero-order valence-electron chi connectivity index (χ0n) is 17.8. The number of anilines is 1. The lowest BCUT2D eigenvalue weighted by Crippen LogP contribution is -2.23. The number of amides is 2. The highest BCUT2D eigenvalue weighted by Crippen LogP contribution is 2.21. The van der Waals surface area contributed by atoms with Crippen LogP contribution in [0.5, 0.6) is 0 Å². The van der Waals surface area contributed by atoms with Gasteiger partial charge in [0.25, 0.3) is 11.8 Å². The molecule has 0 saturated heterocycles. The first-order chi connectivity index (χ1) is 16.2. The highest BCUT2D eigenvalue weighted by molar-refractivity contribution is 7.09. The van der Waals surface area contributed by atoms with Crippen molar-refractivity contribution >= 4 is 40.6 Å². The van der Waals surface area contributed by atoms with E-state index in [-0.39, 0.29) is 28.6 Å². The molecule has 0 bridgehead atoms. The van der Waals surface area contributed by atoms with Crippen molar-refractivity contribution in [2.45, 2.75) is 26.9 Å². The third-order valence-electron chi connectivity index (χ3n) is 4.79. The molecule has 4 aromatic rings. The van der Waals surface area contributed by atoms with Crippen LogP contribution in [-0.4, -0.2) is 42.0 Å². The van der Waals surface area contributed by atoms with Crippen molar-refractivity contribution in [3.63, 3.8) is 0 Å². The lowest BCUT2D eigenvalue weighted by molar-refractivity contribution is 0.0944. The summed E-state index contributed by atoms with van der Waals surface area (Å²) < 4.78 is 28.3. The predicted molar refractivity (Wildman–Crippen MR) is 120 cm³/mol. The Morgan fingerprint density at radius 2 is 1.94 bits per heavy atom. The Kier molecular flexibility index (Phi) is 6.65. The Hall–Kier alpha value is -3.71. The van der Waals surface area contributed by atoms with Gasteiger partial charge in [0.05, 0.1) is 40.1 Å². The number of nitrogens with one attached hydrogen (secondary N) is 3. The van der Waals surface area contributed by atoms with Gasteiger partial charge in [0.2, 0.25) is 0 Å². The van der Waals surface area contributed by atoms with Gasteiger partial charge in [-0.25, -0.2) is 18.4 Å². The summed E-state index contributed by atoms with van der Waals surface area (Å²) in [4.78, 5) is 29.2. The van der Waals surface area contributed by atoms with E-state index in [9.17, 15) is 18.4 Å². The summed E-state index contributed by atoms with van der Waals surface area (Å²) in [6, 6.07) is 2.67. The Morgan fingerprint density at radius 3 is 2.68 bits per heavy atom. The summed E-state index contributed by atoms with van der Waals surface area (Å²) in [5, 5.41) is 22.2.